The maximum absolute atomic E-state index is 11.1. The molecule has 0 atom stereocenters. The van der Waals surface area contributed by atoms with Gasteiger partial charge in [0.1, 0.15) is 0 Å². The standard InChI is InChI=1S/C16H18N4O3/c17-15(21)4-6-20-12-3-5-18-8-11(12)16(19-20)10-1-2-13-14(7-10)23-9-22-13/h1-2,7,18H,3-6,8-9H2,(H2,17,21). The monoisotopic (exact) mass is 314 g/mol. The summed E-state index contributed by atoms with van der Waals surface area (Å²) in [5.41, 5.74) is 9.55. The smallest absolute Gasteiger partial charge is 0.231 e. The molecule has 0 fully saturated rings. The summed E-state index contributed by atoms with van der Waals surface area (Å²) in [5, 5.41) is 8.11. The highest BCUT2D eigenvalue weighted by molar-refractivity contribution is 5.73. The molecule has 1 aromatic heterocycles. The third-order valence-electron chi connectivity index (χ3n) is 4.22. The highest BCUT2D eigenvalue weighted by Crippen LogP contribution is 2.37. The number of nitrogens with zero attached hydrogens (tertiary/aromatic N) is 2. The number of aryl methyl sites for hydroxylation is 1. The summed E-state index contributed by atoms with van der Waals surface area (Å²) < 4.78 is 12.7. The number of carbonyl (C=O) groups excluding carboxylic acids is 1. The van der Waals surface area contributed by atoms with Crippen LogP contribution in [-0.2, 0) is 24.3 Å². The van der Waals surface area contributed by atoms with Crippen LogP contribution in [0.3, 0.4) is 0 Å². The number of fused-ring (bicyclic) bond motifs is 2. The predicted octanol–water partition coefficient (Wildman–Crippen LogP) is 0.800. The molecular formula is C16H18N4O3. The van der Waals surface area contributed by atoms with Crippen molar-refractivity contribution in [2.45, 2.75) is 25.9 Å². The topological polar surface area (TPSA) is 91.4 Å². The highest BCUT2D eigenvalue weighted by atomic mass is 16.7. The molecule has 4 rings (SSSR count). The second kappa shape index (κ2) is 5.58. The maximum atomic E-state index is 11.1. The van der Waals surface area contributed by atoms with Crippen molar-refractivity contribution >= 4 is 5.91 Å². The van der Waals surface area contributed by atoms with Crippen LogP contribution in [0.4, 0.5) is 0 Å². The number of hydrogen-bond acceptors (Lipinski definition) is 5. The number of hydrogen-bond donors (Lipinski definition) is 2. The molecule has 0 saturated heterocycles. The molecule has 0 bridgehead atoms. The first-order valence-corrected chi connectivity index (χ1v) is 7.70. The summed E-state index contributed by atoms with van der Waals surface area (Å²) in [6.07, 6.45) is 1.19. The Morgan fingerprint density at radius 2 is 2.22 bits per heavy atom. The number of rotatable bonds is 4. The molecule has 2 aliphatic rings. The molecular weight excluding hydrogens is 296 g/mol. The maximum Gasteiger partial charge on any atom is 0.231 e. The first kappa shape index (κ1) is 14.1. The van der Waals surface area contributed by atoms with Gasteiger partial charge in [-0.1, -0.05) is 0 Å². The summed E-state index contributed by atoms with van der Waals surface area (Å²) >= 11 is 0. The van der Waals surface area contributed by atoms with Gasteiger partial charge in [0, 0.05) is 49.3 Å². The Bertz CT molecular complexity index is 769. The van der Waals surface area contributed by atoms with Crippen molar-refractivity contribution in [1.82, 2.24) is 15.1 Å². The number of carbonyl (C=O) groups is 1. The second-order valence-electron chi connectivity index (χ2n) is 5.71. The molecule has 0 radical (unpaired) electrons. The van der Waals surface area contributed by atoms with E-state index in [1.165, 1.54) is 11.3 Å². The van der Waals surface area contributed by atoms with Crippen LogP contribution in [0.5, 0.6) is 11.5 Å². The first-order valence-electron chi connectivity index (χ1n) is 7.70. The molecule has 3 heterocycles. The van der Waals surface area contributed by atoms with Crippen molar-refractivity contribution in [1.29, 1.82) is 0 Å². The quantitative estimate of drug-likeness (QED) is 0.871. The van der Waals surface area contributed by atoms with Gasteiger partial charge in [-0.2, -0.15) is 5.10 Å². The number of ether oxygens (including phenoxy) is 2. The van der Waals surface area contributed by atoms with E-state index in [4.69, 9.17) is 20.3 Å². The van der Waals surface area contributed by atoms with Crippen molar-refractivity contribution < 1.29 is 14.3 Å². The number of benzene rings is 1. The van der Waals surface area contributed by atoms with Crippen molar-refractivity contribution in [3.8, 4) is 22.8 Å². The number of nitrogens with one attached hydrogen (secondary N) is 1. The van der Waals surface area contributed by atoms with Crippen LogP contribution in [0.1, 0.15) is 17.7 Å². The zero-order valence-electron chi connectivity index (χ0n) is 12.7. The Hall–Kier alpha value is -2.54. The van der Waals surface area contributed by atoms with Crippen LogP contribution >= 0.6 is 0 Å². The summed E-state index contributed by atoms with van der Waals surface area (Å²) in [6.45, 7) is 2.46. The van der Waals surface area contributed by atoms with Crippen molar-refractivity contribution in [2.75, 3.05) is 13.3 Å². The van der Waals surface area contributed by atoms with Crippen molar-refractivity contribution in [3.63, 3.8) is 0 Å². The van der Waals surface area contributed by atoms with Gasteiger partial charge in [0.25, 0.3) is 0 Å². The third kappa shape index (κ3) is 2.53. The minimum Gasteiger partial charge on any atom is -0.454 e. The molecule has 1 amide bonds. The van der Waals surface area contributed by atoms with Crippen molar-refractivity contribution in [2.24, 2.45) is 5.73 Å². The van der Waals surface area contributed by atoms with Crippen LogP contribution in [0.2, 0.25) is 0 Å². The average molecular weight is 314 g/mol. The highest BCUT2D eigenvalue weighted by Gasteiger charge is 2.23. The molecule has 0 saturated carbocycles. The predicted molar refractivity (Wildman–Crippen MR) is 83.0 cm³/mol. The van der Waals surface area contributed by atoms with E-state index in [-0.39, 0.29) is 12.7 Å². The Kier molecular flexibility index (Phi) is 3.42. The largest absolute Gasteiger partial charge is 0.454 e. The van der Waals surface area contributed by atoms with Gasteiger partial charge in [0.15, 0.2) is 11.5 Å². The van der Waals surface area contributed by atoms with Gasteiger partial charge in [0.2, 0.25) is 12.7 Å². The lowest BCUT2D eigenvalue weighted by atomic mass is 10.0. The molecule has 7 nitrogen and oxygen atoms in total. The zero-order valence-corrected chi connectivity index (χ0v) is 12.7. The summed E-state index contributed by atoms with van der Waals surface area (Å²) in [5.74, 6) is 1.19. The number of aromatic nitrogens is 2. The second-order valence-corrected chi connectivity index (χ2v) is 5.71. The fourth-order valence-corrected chi connectivity index (χ4v) is 3.10. The van der Waals surface area contributed by atoms with E-state index < -0.39 is 0 Å². The lowest BCUT2D eigenvalue weighted by molar-refractivity contribution is -0.118. The molecule has 3 N–H and O–H groups in total. The average Bonchev–Trinajstić information content (AvgIpc) is 3.16. The molecule has 0 aliphatic carbocycles. The number of amides is 1. The van der Waals surface area contributed by atoms with Gasteiger partial charge in [-0.15, -0.1) is 0 Å². The van der Waals surface area contributed by atoms with Gasteiger partial charge < -0.3 is 20.5 Å². The van der Waals surface area contributed by atoms with Crippen LogP contribution in [0.25, 0.3) is 11.3 Å². The molecule has 2 aliphatic heterocycles. The Morgan fingerprint density at radius 3 is 3.09 bits per heavy atom. The number of primary amides is 1. The lowest BCUT2D eigenvalue weighted by Gasteiger charge is -2.15. The van der Waals surface area contributed by atoms with E-state index in [9.17, 15) is 4.79 Å². The molecule has 1 aromatic carbocycles. The Labute approximate surface area is 133 Å². The minimum absolute atomic E-state index is 0.255. The van der Waals surface area contributed by atoms with E-state index >= 15 is 0 Å². The Balaban J connectivity index is 1.74. The van der Waals surface area contributed by atoms with Gasteiger partial charge >= 0.3 is 0 Å². The van der Waals surface area contributed by atoms with Gasteiger partial charge in [-0.05, 0) is 18.2 Å². The van der Waals surface area contributed by atoms with E-state index in [1.54, 1.807) is 0 Å². The summed E-state index contributed by atoms with van der Waals surface area (Å²) in [4.78, 5) is 11.1. The molecule has 7 heteroatoms. The molecule has 2 aromatic rings. The van der Waals surface area contributed by atoms with Crippen LogP contribution in [0, 0.1) is 0 Å². The van der Waals surface area contributed by atoms with E-state index in [0.29, 0.717) is 13.0 Å². The fourth-order valence-electron chi connectivity index (χ4n) is 3.10. The minimum atomic E-state index is -0.312. The number of nitrogens with two attached hydrogens (primary N) is 1. The molecule has 0 spiro atoms. The van der Waals surface area contributed by atoms with Gasteiger partial charge in [0.05, 0.1) is 5.69 Å². The van der Waals surface area contributed by atoms with Gasteiger partial charge in [-0.3, -0.25) is 9.48 Å². The van der Waals surface area contributed by atoms with E-state index in [0.717, 1.165) is 42.3 Å². The van der Waals surface area contributed by atoms with Crippen LogP contribution < -0.4 is 20.5 Å². The van der Waals surface area contributed by atoms with Crippen LogP contribution in [0.15, 0.2) is 18.2 Å². The van der Waals surface area contributed by atoms with E-state index in [1.807, 2.05) is 22.9 Å². The third-order valence-corrected chi connectivity index (χ3v) is 4.22. The summed E-state index contributed by atoms with van der Waals surface area (Å²) in [7, 11) is 0. The van der Waals surface area contributed by atoms with Gasteiger partial charge in [-0.25, -0.2) is 0 Å². The zero-order chi connectivity index (χ0) is 15.8. The van der Waals surface area contributed by atoms with Crippen LogP contribution in [-0.4, -0.2) is 29.0 Å². The molecule has 120 valence electrons. The van der Waals surface area contributed by atoms with E-state index in [2.05, 4.69) is 5.32 Å². The first-order chi connectivity index (χ1) is 11.2. The molecule has 23 heavy (non-hydrogen) atoms. The lowest BCUT2D eigenvalue weighted by Crippen LogP contribution is -2.25. The fraction of sp³-hybridized carbons (Fsp3) is 0.375. The normalized spacial score (nSPS) is 15.5. The SMILES string of the molecule is NC(=O)CCn1nc(-c2ccc3c(c2)OCO3)c2c1CCNC2. The molecule has 0 unspecified atom stereocenters. The Morgan fingerprint density at radius 1 is 1.35 bits per heavy atom. The summed E-state index contributed by atoms with van der Waals surface area (Å²) in [6, 6.07) is 5.85. The van der Waals surface area contributed by atoms with Crippen molar-refractivity contribution in [3.05, 3.63) is 29.5 Å².